The third-order valence-corrected chi connectivity index (χ3v) is 5.62. The van der Waals surface area contributed by atoms with E-state index in [1.165, 1.54) is 5.56 Å². The highest BCUT2D eigenvalue weighted by Gasteiger charge is 2.20. The molecule has 2 aromatic carbocycles. The van der Waals surface area contributed by atoms with Crippen LogP contribution in [0.25, 0.3) is 17.1 Å². The van der Waals surface area contributed by atoms with Gasteiger partial charge in [-0.15, -0.1) is 22.0 Å². The van der Waals surface area contributed by atoms with Crippen molar-refractivity contribution in [3.05, 3.63) is 71.4 Å². The average molecular weight is 411 g/mol. The maximum Gasteiger partial charge on any atom is 0.209 e. The Labute approximate surface area is 172 Å². The maximum absolute atomic E-state index is 6.43. The molecular weight excluding hydrogens is 392 g/mol. The van der Waals surface area contributed by atoms with Gasteiger partial charge in [-0.05, 0) is 36.8 Å². The zero-order valence-electron chi connectivity index (χ0n) is 15.5. The molecular formula is C20H19ClN6S. The van der Waals surface area contributed by atoms with Gasteiger partial charge in [-0.1, -0.05) is 54.1 Å². The van der Waals surface area contributed by atoms with Crippen LogP contribution in [0.1, 0.15) is 25.5 Å². The smallest absolute Gasteiger partial charge is 0.209 e. The molecule has 0 aliphatic heterocycles. The Kier molecular flexibility index (Phi) is 5.45. The van der Waals surface area contributed by atoms with Crippen LogP contribution >= 0.6 is 23.4 Å². The van der Waals surface area contributed by atoms with E-state index >= 15 is 0 Å². The molecule has 28 heavy (non-hydrogen) atoms. The molecule has 0 saturated carbocycles. The number of benzene rings is 2. The van der Waals surface area contributed by atoms with Crippen molar-refractivity contribution in [3.8, 4) is 17.1 Å². The highest BCUT2D eigenvalue weighted by Crippen LogP contribution is 2.35. The van der Waals surface area contributed by atoms with Crippen LogP contribution in [0.5, 0.6) is 0 Å². The third-order valence-electron chi connectivity index (χ3n) is 4.16. The summed E-state index contributed by atoms with van der Waals surface area (Å²) in [5.41, 5.74) is 2.89. The fourth-order valence-electron chi connectivity index (χ4n) is 2.70. The van der Waals surface area contributed by atoms with E-state index in [-0.39, 0.29) is 6.04 Å². The van der Waals surface area contributed by atoms with Gasteiger partial charge in [0.05, 0.1) is 28.5 Å². The summed E-state index contributed by atoms with van der Waals surface area (Å²) in [6.07, 6.45) is 1.78. The molecule has 142 valence electrons. The van der Waals surface area contributed by atoms with E-state index < -0.39 is 0 Å². The lowest BCUT2D eigenvalue weighted by Gasteiger charge is -2.10. The molecule has 0 unspecified atom stereocenters. The molecule has 0 spiro atoms. The van der Waals surface area contributed by atoms with Gasteiger partial charge >= 0.3 is 0 Å². The van der Waals surface area contributed by atoms with Crippen molar-refractivity contribution in [1.29, 1.82) is 0 Å². The number of hydrogen-bond donors (Lipinski definition) is 0. The number of rotatable bonds is 6. The zero-order chi connectivity index (χ0) is 19.5. The molecule has 6 nitrogen and oxygen atoms in total. The van der Waals surface area contributed by atoms with E-state index in [2.05, 4.69) is 32.6 Å². The lowest BCUT2D eigenvalue weighted by atomic mass is 10.2. The minimum absolute atomic E-state index is 0.139. The molecule has 0 N–H and O–H groups in total. The molecule has 4 rings (SSSR count). The second-order valence-corrected chi connectivity index (χ2v) is 7.90. The molecule has 0 aliphatic rings. The van der Waals surface area contributed by atoms with Gasteiger partial charge in [-0.3, -0.25) is 0 Å². The Morgan fingerprint density at radius 3 is 2.50 bits per heavy atom. The van der Waals surface area contributed by atoms with Crippen molar-refractivity contribution < 1.29 is 0 Å². The molecule has 0 amide bonds. The summed E-state index contributed by atoms with van der Waals surface area (Å²) in [4.78, 5) is 1.60. The largest absolute Gasteiger partial charge is 0.225 e. The van der Waals surface area contributed by atoms with Gasteiger partial charge in [-0.25, -0.2) is 4.68 Å². The van der Waals surface area contributed by atoms with Crippen molar-refractivity contribution in [1.82, 2.24) is 30.0 Å². The van der Waals surface area contributed by atoms with Crippen LogP contribution in [0.3, 0.4) is 0 Å². The van der Waals surface area contributed by atoms with Crippen LogP contribution in [0.2, 0.25) is 5.02 Å². The SMILES string of the molecule is CC(C)n1nnc(-c2cnn(-c3ccccc3Cl)c2SCc2ccccc2)n1. The normalized spacial score (nSPS) is 11.3. The van der Waals surface area contributed by atoms with Crippen molar-refractivity contribution in [2.45, 2.75) is 30.7 Å². The van der Waals surface area contributed by atoms with E-state index in [0.717, 1.165) is 22.0 Å². The Balaban J connectivity index is 1.76. The fourth-order valence-corrected chi connectivity index (χ4v) is 3.98. The lowest BCUT2D eigenvalue weighted by Crippen LogP contribution is -2.04. The molecule has 4 aromatic rings. The number of para-hydroxylation sites is 1. The monoisotopic (exact) mass is 410 g/mol. The predicted octanol–water partition coefficient (Wildman–Crippen LogP) is 5.05. The highest BCUT2D eigenvalue weighted by molar-refractivity contribution is 7.98. The first kappa shape index (κ1) is 18.7. The predicted molar refractivity (Wildman–Crippen MR) is 112 cm³/mol. The zero-order valence-corrected chi connectivity index (χ0v) is 17.1. The topological polar surface area (TPSA) is 61.4 Å². The molecule has 2 heterocycles. The molecule has 0 saturated heterocycles. The summed E-state index contributed by atoms with van der Waals surface area (Å²) in [6.45, 7) is 4.04. The van der Waals surface area contributed by atoms with E-state index in [0.29, 0.717) is 10.8 Å². The quantitative estimate of drug-likeness (QED) is 0.416. The van der Waals surface area contributed by atoms with Gasteiger partial charge < -0.3 is 0 Å². The summed E-state index contributed by atoms with van der Waals surface area (Å²) in [5, 5.41) is 19.1. The van der Waals surface area contributed by atoms with Crippen LogP contribution in [-0.4, -0.2) is 30.0 Å². The summed E-state index contributed by atoms with van der Waals surface area (Å²) >= 11 is 8.11. The number of hydrogen-bond acceptors (Lipinski definition) is 5. The van der Waals surface area contributed by atoms with Crippen molar-refractivity contribution in [2.75, 3.05) is 0 Å². The van der Waals surface area contributed by atoms with Crippen LogP contribution in [0.4, 0.5) is 0 Å². The second-order valence-electron chi connectivity index (χ2n) is 6.53. The molecule has 0 atom stereocenters. The number of thioether (sulfide) groups is 1. The van der Waals surface area contributed by atoms with Gasteiger partial charge in [0.15, 0.2) is 0 Å². The number of tetrazole rings is 1. The van der Waals surface area contributed by atoms with Gasteiger partial charge in [0.25, 0.3) is 0 Å². The van der Waals surface area contributed by atoms with Crippen molar-refractivity contribution >= 4 is 23.4 Å². The first-order chi connectivity index (χ1) is 13.6. The van der Waals surface area contributed by atoms with Crippen molar-refractivity contribution in [3.63, 3.8) is 0 Å². The molecule has 8 heteroatoms. The van der Waals surface area contributed by atoms with Crippen LogP contribution < -0.4 is 0 Å². The van der Waals surface area contributed by atoms with Crippen LogP contribution in [0, 0.1) is 0 Å². The number of nitrogens with zero attached hydrogens (tertiary/aromatic N) is 6. The lowest BCUT2D eigenvalue weighted by molar-refractivity contribution is 0.455. The third kappa shape index (κ3) is 3.81. The Morgan fingerprint density at radius 2 is 1.79 bits per heavy atom. The van der Waals surface area contributed by atoms with E-state index in [1.807, 2.05) is 61.0 Å². The summed E-state index contributed by atoms with van der Waals surface area (Å²) in [7, 11) is 0. The average Bonchev–Trinajstić information content (AvgIpc) is 3.35. The summed E-state index contributed by atoms with van der Waals surface area (Å²) in [5.74, 6) is 1.35. The van der Waals surface area contributed by atoms with Crippen molar-refractivity contribution in [2.24, 2.45) is 0 Å². The minimum Gasteiger partial charge on any atom is -0.225 e. The number of aromatic nitrogens is 6. The fraction of sp³-hybridized carbons (Fsp3) is 0.200. The van der Waals surface area contributed by atoms with E-state index in [9.17, 15) is 0 Å². The Morgan fingerprint density at radius 1 is 1.04 bits per heavy atom. The van der Waals surface area contributed by atoms with Gasteiger partial charge in [0.2, 0.25) is 5.82 Å². The Hall–Kier alpha value is -2.64. The standard InChI is InChI=1S/C20H19ClN6S/c1-14(2)27-24-19(23-25-27)16-12-22-26(18-11-7-6-10-17(18)21)20(16)28-13-15-8-4-3-5-9-15/h3-12,14H,13H2,1-2H3. The first-order valence-corrected chi connectivity index (χ1v) is 10.3. The first-order valence-electron chi connectivity index (χ1n) is 8.93. The molecule has 0 bridgehead atoms. The second kappa shape index (κ2) is 8.16. The van der Waals surface area contributed by atoms with Gasteiger partial charge in [0, 0.05) is 5.75 Å². The van der Waals surface area contributed by atoms with Gasteiger partial charge in [0.1, 0.15) is 5.03 Å². The highest BCUT2D eigenvalue weighted by atomic mass is 35.5. The minimum atomic E-state index is 0.139. The maximum atomic E-state index is 6.43. The molecule has 2 aromatic heterocycles. The van der Waals surface area contributed by atoms with Gasteiger partial charge in [-0.2, -0.15) is 9.90 Å². The van der Waals surface area contributed by atoms with E-state index in [1.54, 1.807) is 22.8 Å². The summed E-state index contributed by atoms with van der Waals surface area (Å²) in [6, 6.07) is 18.1. The van der Waals surface area contributed by atoms with Crippen LogP contribution in [-0.2, 0) is 5.75 Å². The van der Waals surface area contributed by atoms with E-state index in [4.69, 9.17) is 11.6 Å². The summed E-state index contributed by atoms with van der Waals surface area (Å²) < 4.78 is 1.85. The Bertz CT molecular complexity index is 1070. The molecule has 0 radical (unpaired) electrons. The van der Waals surface area contributed by atoms with Crippen LogP contribution in [0.15, 0.2) is 65.8 Å². The molecule has 0 fully saturated rings. The molecule has 0 aliphatic carbocycles. The number of halogens is 1.